The third-order valence-electron chi connectivity index (χ3n) is 11.3. The highest BCUT2D eigenvalue weighted by atomic mass is 15.1. The highest BCUT2D eigenvalue weighted by molar-refractivity contribution is 5.89. The Kier molecular flexibility index (Phi) is 8.13. The Balaban J connectivity index is 1.24. The molecule has 0 N–H and O–H groups in total. The summed E-state index contributed by atoms with van der Waals surface area (Å²) in [5, 5.41) is 0. The first-order chi connectivity index (χ1) is 26.0. The van der Waals surface area contributed by atoms with Crippen LogP contribution in [-0.2, 0) is 10.8 Å². The Morgan fingerprint density at radius 1 is 0.358 bits per heavy atom. The van der Waals surface area contributed by atoms with Gasteiger partial charge >= 0.3 is 0 Å². The van der Waals surface area contributed by atoms with Crippen LogP contribution >= 0.6 is 0 Å². The zero-order valence-electron chi connectivity index (χ0n) is 30.2. The maximum atomic E-state index is 2.45. The minimum Gasteiger partial charge on any atom is -0.310 e. The SMILES string of the molecule is CC(C)(c1ccccc1)c1ccc(N(c2ccc(-c3ccccc3)cc2)c2ccc3c(c2)C(c2ccccc2)(c2ccccc2)c2ccccc2-3)cc1. The summed E-state index contributed by atoms with van der Waals surface area (Å²) in [7, 11) is 0. The highest BCUT2D eigenvalue weighted by Gasteiger charge is 2.46. The lowest BCUT2D eigenvalue weighted by atomic mass is 9.67. The Bertz CT molecular complexity index is 2440. The molecule has 0 saturated carbocycles. The van der Waals surface area contributed by atoms with Gasteiger partial charge in [0.2, 0.25) is 0 Å². The van der Waals surface area contributed by atoms with Gasteiger partial charge in [-0.25, -0.2) is 0 Å². The fourth-order valence-electron chi connectivity index (χ4n) is 8.50. The van der Waals surface area contributed by atoms with Crippen LogP contribution in [0.1, 0.15) is 47.2 Å². The fourth-order valence-corrected chi connectivity index (χ4v) is 8.50. The van der Waals surface area contributed by atoms with Crippen molar-refractivity contribution in [3.8, 4) is 22.3 Å². The van der Waals surface area contributed by atoms with E-state index in [1.54, 1.807) is 0 Å². The van der Waals surface area contributed by atoms with Gasteiger partial charge in [-0.2, -0.15) is 0 Å². The second-order valence-corrected chi connectivity index (χ2v) is 14.5. The van der Waals surface area contributed by atoms with Gasteiger partial charge in [0.15, 0.2) is 0 Å². The molecule has 0 radical (unpaired) electrons. The summed E-state index contributed by atoms with van der Waals surface area (Å²) >= 11 is 0. The van der Waals surface area contributed by atoms with Crippen molar-refractivity contribution in [1.82, 2.24) is 0 Å². The number of hydrogen-bond acceptors (Lipinski definition) is 1. The quantitative estimate of drug-likeness (QED) is 0.154. The molecule has 1 heteroatoms. The Hall–Kier alpha value is -6.44. The molecule has 0 spiro atoms. The molecular formula is C52H41N. The van der Waals surface area contributed by atoms with Crippen LogP contribution in [0.15, 0.2) is 212 Å². The molecule has 1 aliphatic rings. The lowest BCUT2D eigenvalue weighted by molar-refractivity contribution is 0.641. The smallest absolute Gasteiger partial charge is 0.0714 e. The first-order valence-electron chi connectivity index (χ1n) is 18.5. The van der Waals surface area contributed by atoms with Crippen LogP contribution in [0.4, 0.5) is 17.1 Å². The Morgan fingerprint density at radius 3 is 1.40 bits per heavy atom. The van der Waals surface area contributed by atoms with Crippen LogP contribution in [0.2, 0.25) is 0 Å². The van der Waals surface area contributed by atoms with Crippen LogP contribution in [0.3, 0.4) is 0 Å². The van der Waals surface area contributed by atoms with Gasteiger partial charge in [0, 0.05) is 22.5 Å². The van der Waals surface area contributed by atoms with Crippen molar-refractivity contribution in [2.24, 2.45) is 0 Å². The standard InChI is InChI=1S/C52H41N/c1-51(2,40-19-9-4-10-20-40)41-29-33-45(34-30-41)53(44-31-27-39(28-32-44)38-17-7-3-8-18-38)46-35-36-48-47-25-15-16-26-49(47)52(50(48)37-46,42-21-11-5-12-22-42)43-23-13-6-14-24-43/h3-37H,1-2H3. The topological polar surface area (TPSA) is 3.24 Å². The largest absolute Gasteiger partial charge is 0.310 e. The molecule has 0 fully saturated rings. The number of benzene rings is 8. The van der Waals surface area contributed by atoms with E-state index in [9.17, 15) is 0 Å². The lowest BCUT2D eigenvalue weighted by Crippen LogP contribution is -2.28. The van der Waals surface area contributed by atoms with Crippen molar-refractivity contribution in [3.63, 3.8) is 0 Å². The number of rotatable bonds is 8. The third-order valence-corrected chi connectivity index (χ3v) is 11.3. The average Bonchev–Trinajstić information content (AvgIpc) is 3.53. The van der Waals surface area contributed by atoms with Gasteiger partial charge in [0.1, 0.15) is 0 Å². The molecule has 8 aromatic carbocycles. The van der Waals surface area contributed by atoms with Crippen molar-refractivity contribution in [2.45, 2.75) is 24.7 Å². The summed E-state index contributed by atoms with van der Waals surface area (Å²) in [4.78, 5) is 2.41. The first-order valence-corrected chi connectivity index (χ1v) is 18.5. The zero-order valence-corrected chi connectivity index (χ0v) is 30.2. The van der Waals surface area contributed by atoms with Gasteiger partial charge in [-0.3, -0.25) is 0 Å². The molecule has 0 aromatic heterocycles. The van der Waals surface area contributed by atoms with Gasteiger partial charge in [-0.05, 0) is 92.0 Å². The molecule has 0 bridgehead atoms. The first kappa shape index (κ1) is 32.5. The predicted octanol–water partition coefficient (Wildman–Crippen LogP) is 13.5. The maximum Gasteiger partial charge on any atom is 0.0714 e. The molecule has 0 unspecified atom stereocenters. The minimum atomic E-state index is -0.475. The van der Waals surface area contributed by atoms with Gasteiger partial charge in [-0.15, -0.1) is 0 Å². The highest BCUT2D eigenvalue weighted by Crippen LogP contribution is 2.57. The molecule has 0 aliphatic heterocycles. The molecule has 0 heterocycles. The summed E-state index contributed by atoms with van der Waals surface area (Å²) in [5.41, 5.74) is 15.4. The van der Waals surface area contributed by atoms with E-state index in [0.29, 0.717) is 0 Å². The predicted molar refractivity (Wildman–Crippen MR) is 222 cm³/mol. The fraction of sp³-hybridized carbons (Fsp3) is 0.0769. The van der Waals surface area contributed by atoms with Crippen molar-refractivity contribution in [1.29, 1.82) is 0 Å². The number of fused-ring (bicyclic) bond motifs is 3. The molecule has 254 valence electrons. The molecule has 1 nitrogen and oxygen atoms in total. The lowest BCUT2D eigenvalue weighted by Gasteiger charge is -2.35. The minimum absolute atomic E-state index is 0.133. The summed E-state index contributed by atoms with van der Waals surface area (Å²) in [6.45, 7) is 4.62. The maximum absolute atomic E-state index is 2.45. The molecule has 0 saturated heterocycles. The van der Waals surface area contributed by atoms with Crippen LogP contribution in [0.5, 0.6) is 0 Å². The molecule has 0 atom stereocenters. The van der Waals surface area contributed by atoms with Gasteiger partial charge in [0.25, 0.3) is 0 Å². The van der Waals surface area contributed by atoms with Crippen molar-refractivity contribution >= 4 is 17.1 Å². The van der Waals surface area contributed by atoms with Crippen LogP contribution < -0.4 is 4.90 Å². The van der Waals surface area contributed by atoms with Crippen LogP contribution in [0.25, 0.3) is 22.3 Å². The second-order valence-electron chi connectivity index (χ2n) is 14.5. The number of anilines is 3. The third kappa shape index (κ3) is 5.48. The number of nitrogens with zero attached hydrogens (tertiary/aromatic N) is 1. The van der Waals surface area contributed by atoms with Gasteiger partial charge in [-0.1, -0.05) is 190 Å². The van der Waals surface area contributed by atoms with E-state index >= 15 is 0 Å². The molecule has 0 amide bonds. The van der Waals surface area contributed by atoms with Crippen molar-refractivity contribution in [2.75, 3.05) is 4.90 Å². The zero-order chi connectivity index (χ0) is 35.8. The van der Waals surface area contributed by atoms with E-state index in [4.69, 9.17) is 0 Å². The number of hydrogen-bond donors (Lipinski definition) is 0. The normalized spacial score (nSPS) is 12.9. The van der Waals surface area contributed by atoms with Gasteiger partial charge < -0.3 is 4.90 Å². The molecule has 1 aliphatic carbocycles. The van der Waals surface area contributed by atoms with E-state index in [1.807, 2.05) is 0 Å². The van der Waals surface area contributed by atoms with Crippen LogP contribution in [-0.4, -0.2) is 0 Å². The van der Waals surface area contributed by atoms with E-state index < -0.39 is 5.41 Å². The summed E-state index contributed by atoms with van der Waals surface area (Å²) in [6.07, 6.45) is 0. The van der Waals surface area contributed by atoms with Crippen LogP contribution in [0, 0.1) is 0 Å². The summed E-state index contributed by atoms with van der Waals surface area (Å²) in [5.74, 6) is 0. The monoisotopic (exact) mass is 679 g/mol. The average molecular weight is 680 g/mol. The molecule has 8 aromatic rings. The molecular weight excluding hydrogens is 639 g/mol. The van der Waals surface area contributed by atoms with E-state index in [1.165, 1.54) is 55.6 Å². The Morgan fingerprint density at radius 2 is 0.792 bits per heavy atom. The Labute approximate surface area is 313 Å². The van der Waals surface area contributed by atoms with Crippen molar-refractivity contribution in [3.05, 3.63) is 246 Å². The second kappa shape index (κ2) is 13.3. The van der Waals surface area contributed by atoms with Crippen molar-refractivity contribution < 1.29 is 0 Å². The van der Waals surface area contributed by atoms with E-state index in [-0.39, 0.29) is 5.41 Å². The molecule has 9 rings (SSSR count). The molecule has 53 heavy (non-hydrogen) atoms. The van der Waals surface area contributed by atoms with E-state index in [2.05, 4.69) is 231 Å². The van der Waals surface area contributed by atoms with E-state index in [0.717, 1.165) is 17.1 Å². The summed E-state index contributed by atoms with van der Waals surface area (Å²) < 4.78 is 0. The van der Waals surface area contributed by atoms with Gasteiger partial charge in [0.05, 0.1) is 5.41 Å². The summed E-state index contributed by atoms with van der Waals surface area (Å²) in [6, 6.07) is 77.7.